The van der Waals surface area contributed by atoms with Crippen LogP contribution in [-0.2, 0) is 15.3 Å². The van der Waals surface area contributed by atoms with E-state index in [1.165, 1.54) is 11.8 Å². The van der Waals surface area contributed by atoms with Gasteiger partial charge in [-0.2, -0.15) is 0 Å². The van der Waals surface area contributed by atoms with Gasteiger partial charge in [-0.15, -0.1) is 0 Å². The Kier molecular flexibility index (Phi) is 6.40. The molecule has 0 bridgehead atoms. The number of benzene rings is 1. The summed E-state index contributed by atoms with van der Waals surface area (Å²) in [6, 6.07) is 9.83. The van der Waals surface area contributed by atoms with Crippen molar-refractivity contribution in [3.63, 3.8) is 0 Å². The maximum atomic E-state index is 11.5. The molecule has 0 aromatic heterocycles. The molecule has 0 saturated heterocycles. The summed E-state index contributed by atoms with van der Waals surface area (Å²) in [5.41, 5.74) is 1.14. The molecular weight excluding hydrogens is 236 g/mol. The number of rotatable bonds is 7. The lowest BCUT2D eigenvalue weighted by atomic mass is 10.2. The summed E-state index contributed by atoms with van der Waals surface area (Å²) in [5.74, 6) is -0.104. The zero-order chi connectivity index (χ0) is 12.5. The molecule has 0 aliphatic carbocycles. The number of hydrogen-bond donors (Lipinski definition) is 1. The van der Waals surface area contributed by atoms with Crippen molar-refractivity contribution in [2.45, 2.75) is 31.4 Å². The van der Waals surface area contributed by atoms with Crippen LogP contribution in [0, 0.1) is 0 Å². The maximum Gasteiger partial charge on any atom is 0.303 e. The minimum Gasteiger partial charge on any atom is -0.481 e. The third-order valence-corrected chi connectivity index (χ3v) is 3.27. The van der Waals surface area contributed by atoms with Crippen LogP contribution in [0.25, 0.3) is 0 Å². The molecule has 0 saturated carbocycles. The molecule has 0 radical (unpaired) electrons. The van der Waals surface area contributed by atoms with Crippen molar-refractivity contribution in [2.75, 3.05) is 0 Å². The standard InChI is InChI=1S/C13H16O3S/c14-12(15)8-4-5-9-13(16)17-10-11-6-2-1-3-7-11/h1-3,6-7H,4-5,8-10H2,(H,14,15). The summed E-state index contributed by atoms with van der Waals surface area (Å²) in [6.45, 7) is 0. The molecule has 1 N–H and O–H groups in total. The van der Waals surface area contributed by atoms with Gasteiger partial charge in [0.25, 0.3) is 0 Å². The molecule has 0 fully saturated rings. The Morgan fingerprint density at radius 2 is 1.71 bits per heavy atom. The van der Waals surface area contributed by atoms with Gasteiger partial charge in [0.15, 0.2) is 5.12 Å². The maximum absolute atomic E-state index is 11.5. The third kappa shape index (κ3) is 6.79. The summed E-state index contributed by atoms with van der Waals surface area (Å²) < 4.78 is 0. The number of unbranched alkanes of at least 4 members (excludes halogenated alkanes) is 1. The largest absolute Gasteiger partial charge is 0.481 e. The fourth-order valence-electron chi connectivity index (χ4n) is 1.36. The second-order valence-electron chi connectivity index (χ2n) is 3.75. The third-order valence-electron chi connectivity index (χ3n) is 2.26. The number of thioether (sulfide) groups is 1. The molecule has 1 aromatic carbocycles. The van der Waals surface area contributed by atoms with E-state index in [2.05, 4.69) is 0 Å². The predicted molar refractivity (Wildman–Crippen MR) is 68.8 cm³/mol. The Bertz CT molecular complexity index is 362. The van der Waals surface area contributed by atoms with E-state index in [0.29, 0.717) is 25.0 Å². The first-order chi connectivity index (χ1) is 8.18. The first-order valence-corrected chi connectivity index (χ1v) is 6.58. The average molecular weight is 252 g/mol. The number of carbonyl (C=O) groups excluding carboxylic acids is 1. The van der Waals surface area contributed by atoms with Gasteiger partial charge in [0.2, 0.25) is 0 Å². The normalized spacial score (nSPS) is 10.1. The van der Waals surface area contributed by atoms with Crippen molar-refractivity contribution < 1.29 is 14.7 Å². The Morgan fingerprint density at radius 1 is 1.06 bits per heavy atom. The van der Waals surface area contributed by atoms with Crippen molar-refractivity contribution in [2.24, 2.45) is 0 Å². The van der Waals surface area contributed by atoms with Gasteiger partial charge < -0.3 is 5.11 Å². The van der Waals surface area contributed by atoms with Gasteiger partial charge in [-0.1, -0.05) is 42.1 Å². The Morgan fingerprint density at radius 3 is 2.35 bits per heavy atom. The highest BCUT2D eigenvalue weighted by atomic mass is 32.2. The lowest BCUT2D eigenvalue weighted by Crippen LogP contribution is -1.97. The molecule has 3 nitrogen and oxygen atoms in total. The van der Waals surface area contributed by atoms with E-state index in [-0.39, 0.29) is 11.5 Å². The second-order valence-corrected chi connectivity index (χ2v) is 4.78. The van der Waals surface area contributed by atoms with Crippen molar-refractivity contribution >= 4 is 22.8 Å². The van der Waals surface area contributed by atoms with E-state index < -0.39 is 5.97 Å². The topological polar surface area (TPSA) is 54.4 Å². The van der Waals surface area contributed by atoms with Crippen molar-refractivity contribution in [3.8, 4) is 0 Å². The predicted octanol–water partition coefficient (Wildman–Crippen LogP) is 3.09. The number of carbonyl (C=O) groups is 2. The van der Waals surface area contributed by atoms with Crippen molar-refractivity contribution in [3.05, 3.63) is 35.9 Å². The van der Waals surface area contributed by atoms with E-state index >= 15 is 0 Å². The van der Waals surface area contributed by atoms with Crippen LogP contribution in [0.15, 0.2) is 30.3 Å². The number of carboxylic acid groups (broad SMARTS) is 1. The second kappa shape index (κ2) is 7.90. The van der Waals surface area contributed by atoms with Crippen LogP contribution in [0.2, 0.25) is 0 Å². The summed E-state index contributed by atoms with van der Waals surface area (Å²) >= 11 is 1.30. The fraction of sp³-hybridized carbons (Fsp3) is 0.385. The molecule has 1 rings (SSSR count). The number of aliphatic carboxylic acids is 1. The quantitative estimate of drug-likeness (QED) is 0.758. The van der Waals surface area contributed by atoms with Gasteiger partial charge in [-0.3, -0.25) is 9.59 Å². The molecular formula is C13H16O3S. The molecule has 4 heteroatoms. The Hall–Kier alpha value is -1.29. The molecule has 0 spiro atoms. The van der Waals surface area contributed by atoms with Crippen LogP contribution < -0.4 is 0 Å². The molecule has 0 atom stereocenters. The highest BCUT2D eigenvalue weighted by Gasteiger charge is 2.04. The summed E-state index contributed by atoms with van der Waals surface area (Å²) in [5, 5.41) is 8.58. The monoisotopic (exact) mass is 252 g/mol. The van der Waals surface area contributed by atoms with Crippen molar-refractivity contribution in [1.82, 2.24) is 0 Å². The summed E-state index contributed by atoms with van der Waals surface area (Å²) in [4.78, 5) is 21.7. The first kappa shape index (κ1) is 13.8. The first-order valence-electron chi connectivity index (χ1n) is 5.60. The SMILES string of the molecule is O=C(O)CCCCC(=O)SCc1ccccc1. The van der Waals surface area contributed by atoms with E-state index in [4.69, 9.17) is 5.11 Å². The lowest BCUT2D eigenvalue weighted by molar-refractivity contribution is -0.137. The lowest BCUT2D eigenvalue weighted by Gasteiger charge is -2.00. The van der Waals surface area contributed by atoms with Crippen molar-refractivity contribution in [1.29, 1.82) is 0 Å². The Labute approximate surface area is 105 Å². The van der Waals surface area contributed by atoms with E-state index in [1.807, 2.05) is 30.3 Å². The van der Waals surface area contributed by atoms with Crippen LogP contribution in [0.5, 0.6) is 0 Å². The molecule has 92 valence electrons. The number of hydrogen-bond acceptors (Lipinski definition) is 3. The molecule has 17 heavy (non-hydrogen) atoms. The smallest absolute Gasteiger partial charge is 0.303 e. The number of carboxylic acids is 1. The van der Waals surface area contributed by atoms with Crippen LogP contribution >= 0.6 is 11.8 Å². The highest BCUT2D eigenvalue weighted by Crippen LogP contribution is 2.16. The molecule has 0 unspecified atom stereocenters. The van der Waals surface area contributed by atoms with Gasteiger partial charge >= 0.3 is 5.97 Å². The van der Waals surface area contributed by atoms with Gasteiger partial charge in [-0.25, -0.2) is 0 Å². The summed E-state index contributed by atoms with van der Waals surface area (Å²) in [7, 11) is 0. The highest BCUT2D eigenvalue weighted by molar-refractivity contribution is 8.12. The molecule has 0 aliphatic heterocycles. The molecule has 0 heterocycles. The minimum absolute atomic E-state index is 0.138. The zero-order valence-corrected chi connectivity index (χ0v) is 10.4. The van der Waals surface area contributed by atoms with Gasteiger partial charge in [0, 0.05) is 18.6 Å². The van der Waals surface area contributed by atoms with E-state index in [1.54, 1.807) is 0 Å². The fourth-order valence-corrected chi connectivity index (χ4v) is 2.16. The summed E-state index contributed by atoms with van der Waals surface area (Å²) in [6.07, 6.45) is 1.85. The van der Waals surface area contributed by atoms with Crippen LogP contribution in [-0.4, -0.2) is 16.2 Å². The van der Waals surface area contributed by atoms with E-state index in [9.17, 15) is 9.59 Å². The molecule has 0 aliphatic rings. The molecule has 0 amide bonds. The van der Waals surface area contributed by atoms with Crippen LogP contribution in [0.4, 0.5) is 0 Å². The van der Waals surface area contributed by atoms with Gasteiger partial charge in [0.05, 0.1) is 0 Å². The van der Waals surface area contributed by atoms with Crippen LogP contribution in [0.1, 0.15) is 31.2 Å². The van der Waals surface area contributed by atoms with Gasteiger partial charge in [-0.05, 0) is 18.4 Å². The zero-order valence-electron chi connectivity index (χ0n) is 9.59. The average Bonchev–Trinajstić information content (AvgIpc) is 2.33. The van der Waals surface area contributed by atoms with Crippen LogP contribution in [0.3, 0.4) is 0 Å². The Balaban J connectivity index is 2.11. The van der Waals surface area contributed by atoms with E-state index in [0.717, 1.165) is 5.56 Å². The minimum atomic E-state index is -0.797. The molecule has 1 aromatic rings. The van der Waals surface area contributed by atoms with Gasteiger partial charge in [0.1, 0.15) is 0 Å².